The normalized spacial score (nSPS) is 24.2. The van der Waals surface area contributed by atoms with Gasteiger partial charge in [-0.2, -0.15) is 5.10 Å². The van der Waals surface area contributed by atoms with Crippen LogP contribution >= 0.6 is 0 Å². The molecule has 1 aromatic rings. The van der Waals surface area contributed by atoms with Gasteiger partial charge in [-0.05, 0) is 51.0 Å². The fourth-order valence-corrected chi connectivity index (χ4v) is 2.90. The molecular weight excluding hydrogens is 334 g/mol. The summed E-state index contributed by atoms with van der Waals surface area (Å²) in [4.78, 5) is 0. The van der Waals surface area contributed by atoms with Gasteiger partial charge in [0, 0.05) is 18.7 Å². The molecule has 1 aliphatic rings. The number of ether oxygens (including phenoxy) is 1. The van der Waals surface area contributed by atoms with Gasteiger partial charge in [-0.25, -0.2) is 8.78 Å². The van der Waals surface area contributed by atoms with Crippen molar-refractivity contribution in [3.63, 3.8) is 0 Å². The molecule has 1 aliphatic heterocycles. The van der Waals surface area contributed by atoms with Crippen molar-refractivity contribution in [3.8, 4) is 0 Å². The Labute approximate surface area is 154 Å². The number of nitrogens with zero attached hydrogens (tertiary/aromatic N) is 2. The largest absolute Gasteiger partial charge is 0.377 e. The van der Waals surface area contributed by atoms with Crippen molar-refractivity contribution in [2.24, 2.45) is 5.10 Å². The SMILES string of the molecule is C=C1/C=C\C=C/COCCC1(C)N(CC)/N=C(\C)c1cc(F)ccc1F. The summed E-state index contributed by atoms with van der Waals surface area (Å²) in [6, 6.07) is 3.39. The van der Waals surface area contributed by atoms with Gasteiger partial charge in [-0.3, -0.25) is 5.01 Å². The molecule has 0 N–H and O–H groups in total. The van der Waals surface area contributed by atoms with Crippen LogP contribution in [0.5, 0.6) is 0 Å². The van der Waals surface area contributed by atoms with E-state index < -0.39 is 17.2 Å². The predicted molar refractivity (Wildman–Crippen MR) is 102 cm³/mol. The van der Waals surface area contributed by atoms with E-state index in [1.807, 2.05) is 43.2 Å². The summed E-state index contributed by atoms with van der Waals surface area (Å²) in [5.41, 5.74) is 0.958. The van der Waals surface area contributed by atoms with Gasteiger partial charge in [0.15, 0.2) is 0 Å². The number of benzene rings is 1. The van der Waals surface area contributed by atoms with Gasteiger partial charge < -0.3 is 4.74 Å². The Morgan fingerprint density at radius 3 is 2.85 bits per heavy atom. The van der Waals surface area contributed by atoms with Crippen LogP contribution in [0.1, 0.15) is 32.8 Å². The first-order valence-corrected chi connectivity index (χ1v) is 8.77. The maximum Gasteiger partial charge on any atom is 0.132 e. The summed E-state index contributed by atoms with van der Waals surface area (Å²) in [5.74, 6) is -0.983. The molecule has 2 rings (SSSR count). The van der Waals surface area contributed by atoms with Gasteiger partial charge in [0.05, 0.1) is 17.9 Å². The lowest BCUT2D eigenvalue weighted by molar-refractivity contribution is 0.0847. The third-order valence-electron chi connectivity index (χ3n) is 4.64. The minimum absolute atomic E-state index is 0.159. The predicted octanol–water partition coefficient (Wildman–Crippen LogP) is 4.86. The van der Waals surface area contributed by atoms with Crippen LogP contribution in [0.4, 0.5) is 8.78 Å². The molecule has 26 heavy (non-hydrogen) atoms. The van der Waals surface area contributed by atoms with E-state index >= 15 is 0 Å². The van der Waals surface area contributed by atoms with E-state index in [2.05, 4.69) is 11.7 Å². The molecule has 5 heteroatoms. The molecule has 0 radical (unpaired) electrons. The zero-order valence-corrected chi connectivity index (χ0v) is 15.6. The van der Waals surface area contributed by atoms with Crippen LogP contribution in [0.2, 0.25) is 0 Å². The van der Waals surface area contributed by atoms with E-state index in [1.165, 1.54) is 6.07 Å². The average Bonchev–Trinajstić information content (AvgIpc) is 2.62. The van der Waals surface area contributed by atoms with E-state index in [0.717, 1.165) is 17.7 Å². The number of hydrogen-bond donors (Lipinski definition) is 0. The first-order chi connectivity index (χ1) is 12.4. The van der Waals surface area contributed by atoms with Crippen LogP contribution in [0.25, 0.3) is 0 Å². The highest BCUT2D eigenvalue weighted by Crippen LogP contribution is 2.30. The molecule has 0 amide bonds. The Balaban J connectivity index is 2.39. The van der Waals surface area contributed by atoms with Crippen molar-refractivity contribution in [2.75, 3.05) is 19.8 Å². The van der Waals surface area contributed by atoms with Crippen LogP contribution in [-0.2, 0) is 4.74 Å². The van der Waals surface area contributed by atoms with Crippen molar-refractivity contribution in [2.45, 2.75) is 32.7 Å². The summed E-state index contributed by atoms with van der Waals surface area (Å²) < 4.78 is 33.2. The molecule has 1 unspecified atom stereocenters. The van der Waals surface area contributed by atoms with Crippen molar-refractivity contribution in [1.82, 2.24) is 5.01 Å². The zero-order valence-electron chi connectivity index (χ0n) is 15.6. The standard InChI is InChI=1S/C21H26F2N2O/c1-5-25(24-17(3)19-15-18(22)10-11-20(19)23)21(4)12-14-26-13-8-6-7-9-16(21)2/h6-11,15H,2,5,12-14H2,1,3-4H3/b8-6-,9-7-,24-17+. The van der Waals surface area contributed by atoms with Gasteiger partial charge in [0.2, 0.25) is 0 Å². The van der Waals surface area contributed by atoms with E-state index in [0.29, 0.717) is 31.9 Å². The van der Waals surface area contributed by atoms with Crippen LogP contribution in [0.15, 0.2) is 59.8 Å². The number of halogens is 2. The molecular formula is C21H26F2N2O. The highest BCUT2D eigenvalue weighted by atomic mass is 19.1. The molecule has 0 saturated carbocycles. The molecule has 0 aliphatic carbocycles. The second-order valence-electron chi connectivity index (χ2n) is 6.44. The summed E-state index contributed by atoms with van der Waals surface area (Å²) in [5, 5.41) is 6.48. The van der Waals surface area contributed by atoms with Gasteiger partial charge in [0.1, 0.15) is 11.6 Å². The Kier molecular flexibility index (Phi) is 6.86. The summed E-state index contributed by atoms with van der Waals surface area (Å²) in [7, 11) is 0. The van der Waals surface area contributed by atoms with Crippen molar-refractivity contribution >= 4 is 5.71 Å². The summed E-state index contributed by atoms with van der Waals surface area (Å²) >= 11 is 0. The smallest absolute Gasteiger partial charge is 0.132 e. The number of allylic oxidation sites excluding steroid dienone is 2. The van der Waals surface area contributed by atoms with E-state index in [1.54, 1.807) is 6.92 Å². The van der Waals surface area contributed by atoms with Gasteiger partial charge >= 0.3 is 0 Å². The van der Waals surface area contributed by atoms with Crippen molar-refractivity contribution in [1.29, 1.82) is 0 Å². The topological polar surface area (TPSA) is 24.8 Å². The molecule has 1 atom stereocenters. The Bertz CT molecular complexity index is 740. The lowest BCUT2D eigenvalue weighted by Gasteiger charge is -2.40. The Hall–Kier alpha value is -2.27. The fraction of sp³-hybridized carbons (Fsp3) is 0.381. The van der Waals surface area contributed by atoms with Crippen LogP contribution < -0.4 is 0 Å². The molecule has 3 nitrogen and oxygen atoms in total. The summed E-state index contributed by atoms with van der Waals surface area (Å²) in [6.45, 7) is 11.6. The number of likely N-dealkylation sites (N-methyl/N-ethyl adjacent to an activating group) is 1. The third kappa shape index (κ3) is 4.67. The molecule has 140 valence electrons. The quantitative estimate of drug-likeness (QED) is 0.566. The fourth-order valence-electron chi connectivity index (χ4n) is 2.90. The summed E-state index contributed by atoms with van der Waals surface area (Å²) in [6.07, 6.45) is 8.42. The second-order valence-corrected chi connectivity index (χ2v) is 6.44. The number of hydrogen-bond acceptors (Lipinski definition) is 3. The van der Waals surface area contributed by atoms with Gasteiger partial charge in [-0.15, -0.1) is 0 Å². The number of rotatable bonds is 4. The Morgan fingerprint density at radius 1 is 1.35 bits per heavy atom. The third-order valence-corrected chi connectivity index (χ3v) is 4.64. The average molecular weight is 360 g/mol. The first kappa shape index (κ1) is 20.0. The molecule has 0 aromatic heterocycles. The minimum Gasteiger partial charge on any atom is -0.377 e. The molecule has 0 bridgehead atoms. The monoisotopic (exact) mass is 360 g/mol. The van der Waals surface area contributed by atoms with Crippen molar-refractivity contribution in [3.05, 3.63) is 71.9 Å². The zero-order chi connectivity index (χ0) is 19.2. The molecule has 0 spiro atoms. The van der Waals surface area contributed by atoms with Crippen molar-refractivity contribution < 1.29 is 13.5 Å². The van der Waals surface area contributed by atoms with Crippen LogP contribution in [-0.4, -0.2) is 36.0 Å². The molecule has 1 heterocycles. The highest BCUT2D eigenvalue weighted by Gasteiger charge is 2.32. The maximum absolute atomic E-state index is 14.1. The second kappa shape index (κ2) is 8.90. The Morgan fingerprint density at radius 2 is 2.12 bits per heavy atom. The van der Waals surface area contributed by atoms with E-state index in [4.69, 9.17) is 4.74 Å². The highest BCUT2D eigenvalue weighted by molar-refractivity contribution is 5.98. The molecule has 0 saturated heterocycles. The first-order valence-electron chi connectivity index (χ1n) is 8.77. The van der Waals surface area contributed by atoms with Crippen LogP contribution in [0, 0.1) is 11.6 Å². The van der Waals surface area contributed by atoms with Crippen LogP contribution in [0.3, 0.4) is 0 Å². The van der Waals surface area contributed by atoms with E-state index in [9.17, 15) is 8.78 Å². The van der Waals surface area contributed by atoms with Gasteiger partial charge in [-0.1, -0.05) is 30.9 Å². The van der Waals surface area contributed by atoms with E-state index in [-0.39, 0.29) is 5.56 Å². The molecule has 0 fully saturated rings. The lowest BCUT2D eigenvalue weighted by atomic mass is 9.88. The minimum atomic E-state index is -0.499. The van der Waals surface area contributed by atoms with Gasteiger partial charge in [0.25, 0.3) is 0 Å². The number of hydrazone groups is 1. The molecule has 1 aromatic carbocycles. The lowest BCUT2D eigenvalue weighted by Crippen LogP contribution is -2.45. The maximum atomic E-state index is 14.1.